The Bertz CT molecular complexity index is 557. The molecule has 0 radical (unpaired) electrons. The molecular formula is C12H10BrN3O. The number of aromatic nitrogens is 1. The van der Waals surface area contributed by atoms with Gasteiger partial charge in [-0.05, 0) is 30.3 Å². The Kier molecular flexibility index (Phi) is 3.39. The number of hydrogen-bond acceptors (Lipinski definition) is 3. The van der Waals surface area contributed by atoms with Crippen molar-refractivity contribution >= 4 is 33.2 Å². The predicted octanol–water partition coefficient (Wildman–Crippen LogP) is 2.68. The fourth-order valence-corrected chi connectivity index (χ4v) is 1.76. The molecule has 1 aromatic heterocycles. The average Bonchev–Trinajstić information content (AvgIpc) is 2.29. The Morgan fingerprint density at radius 1 is 1.29 bits per heavy atom. The first kappa shape index (κ1) is 11.6. The summed E-state index contributed by atoms with van der Waals surface area (Å²) in [5.74, 6) is -0.318. The van der Waals surface area contributed by atoms with Crippen molar-refractivity contribution in [2.24, 2.45) is 0 Å². The van der Waals surface area contributed by atoms with Gasteiger partial charge in [-0.3, -0.25) is 4.79 Å². The molecule has 0 aliphatic heterocycles. The number of amides is 1. The third kappa shape index (κ3) is 2.82. The number of nitrogens with two attached hydrogens (primary N) is 1. The second-order valence-corrected chi connectivity index (χ2v) is 4.32. The van der Waals surface area contributed by atoms with Gasteiger partial charge in [-0.15, -0.1) is 0 Å². The number of hydrogen-bond donors (Lipinski definition) is 2. The SMILES string of the molecule is Nc1cccnc1C(=O)Nc1cccc(Br)c1. The highest BCUT2D eigenvalue weighted by Gasteiger charge is 2.10. The van der Waals surface area contributed by atoms with Gasteiger partial charge in [0, 0.05) is 16.4 Å². The molecule has 17 heavy (non-hydrogen) atoms. The Morgan fingerprint density at radius 2 is 2.12 bits per heavy atom. The topological polar surface area (TPSA) is 68.0 Å². The van der Waals surface area contributed by atoms with Crippen molar-refractivity contribution in [2.45, 2.75) is 0 Å². The molecule has 0 aliphatic rings. The molecule has 0 fully saturated rings. The lowest BCUT2D eigenvalue weighted by Crippen LogP contribution is -2.15. The van der Waals surface area contributed by atoms with E-state index in [0.717, 1.165) is 4.47 Å². The number of carbonyl (C=O) groups excluding carboxylic acids is 1. The van der Waals surface area contributed by atoms with Crippen LogP contribution in [0, 0.1) is 0 Å². The lowest BCUT2D eigenvalue weighted by Gasteiger charge is -2.06. The molecule has 0 saturated heterocycles. The molecule has 2 aromatic rings. The van der Waals surface area contributed by atoms with Crippen LogP contribution < -0.4 is 11.1 Å². The van der Waals surface area contributed by atoms with Crippen LogP contribution in [0.2, 0.25) is 0 Å². The quantitative estimate of drug-likeness (QED) is 0.894. The lowest BCUT2D eigenvalue weighted by molar-refractivity contribution is 0.102. The molecule has 0 unspecified atom stereocenters. The van der Waals surface area contributed by atoms with Crippen LogP contribution in [0.5, 0.6) is 0 Å². The van der Waals surface area contributed by atoms with Gasteiger partial charge in [0.15, 0.2) is 5.69 Å². The first-order valence-corrected chi connectivity index (χ1v) is 5.73. The van der Waals surface area contributed by atoms with Crippen molar-refractivity contribution in [3.05, 3.63) is 52.8 Å². The number of nitrogens with zero attached hydrogens (tertiary/aromatic N) is 1. The van der Waals surface area contributed by atoms with Crippen molar-refractivity contribution < 1.29 is 4.79 Å². The van der Waals surface area contributed by atoms with E-state index in [4.69, 9.17) is 5.73 Å². The van der Waals surface area contributed by atoms with Gasteiger partial charge in [0.2, 0.25) is 0 Å². The van der Waals surface area contributed by atoms with Gasteiger partial charge < -0.3 is 11.1 Å². The zero-order chi connectivity index (χ0) is 12.3. The molecule has 1 aromatic carbocycles. The zero-order valence-corrected chi connectivity index (χ0v) is 10.4. The number of nitrogens with one attached hydrogen (secondary N) is 1. The summed E-state index contributed by atoms with van der Waals surface area (Å²) in [5, 5.41) is 2.73. The minimum atomic E-state index is -0.318. The fraction of sp³-hybridized carbons (Fsp3) is 0. The summed E-state index contributed by atoms with van der Waals surface area (Å²) in [6.45, 7) is 0. The summed E-state index contributed by atoms with van der Waals surface area (Å²) in [4.78, 5) is 15.8. The van der Waals surface area contributed by atoms with Crippen molar-refractivity contribution in [1.82, 2.24) is 4.98 Å². The van der Waals surface area contributed by atoms with Crippen LogP contribution in [0.1, 0.15) is 10.5 Å². The summed E-state index contributed by atoms with van der Waals surface area (Å²) in [6, 6.07) is 10.6. The maximum absolute atomic E-state index is 11.9. The van der Waals surface area contributed by atoms with E-state index >= 15 is 0 Å². The van der Waals surface area contributed by atoms with Crippen molar-refractivity contribution in [2.75, 3.05) is 11.1 Å². The van der Waals surface area contributed by atoms with E-state index in [2.05, 4.69) is 26.2 Å². The minimum absolute atomic E-state index is 0.229. The van der Waals surface area contributed by atoms with Crippen LogP contribution in [-0.4, -0.2) is 10.9 Å². The van der Waals surface area contributed by atoms with Gasteiger partial charge in [0.05, 0.1) is 5.69 Å². The number of benzene rings is 1. The van der Waals surface area contributed by atoms with E-state index in [1.165, 1.54) is 6.20 Å². The highest BCUT2D eigenvalue weighted by atomic mass is 79.9. The molecule has 0 aliphatic carbocycles. The number of anilines is 2. The van der Waals surface area contributed by atoms with Crippen LogP contribution in [-0.2, 0) is 0 Å². The van der Waals surface area contributed by atoms with Gasteiger partial charge in [-0.2, -0.15) is 0 Å². The second kappa shape index (κ2) is 4.97. The Labute approximate surface area is 107 Å². The lowest BCUT2D eigenvalue weighted by atomic mass is 10.2. The predicted molar refractivity (Wildman–Crippen MR) is 70.7 cm³/mol. The number of carbonyl (C=O) groups is 1. The Hall–Kier alpha value is -1.88. The molecule has 1 amide bonds. The molecule has 0 spiro atoms. The maximum Gasteiger partial charge on any atom is 0.276 e. The van der Waals surface area contributed by atoms with E-state index in [1.807, 2.05) is 12.1 Å². The standard InChI is InChI=1S/C12H10BrN3O/c13-8-3-1-4-9(7-8)16-12(17)11-10(14)5-2-6-15-11/h1-7H,14H2,(H,16,17). The molecule has 0 bridgehead atoms. The summed E-state index contributed by atoms with van der Waals surface area (Å²) >= 11 is 3.33. The summed E-state index contributed by atoms with van der Waals surface area (Å²) in [5.41, 5.74) is 6.95. The Morgan fingerprint density at radius 3 is 2.82 bits per heavy atom. The molecule has 3 N–H and O–H groups in total. The third-order valence-corrected chi connectivity index (χ3v) is 2.63. The normalized spacial score (nSPS) is 9.94. The van der Waals surface area contributed by atoms with Crippen LogP contribution in [0.25, 0.3) is 0 Å². The zero-order valence-electron chi connectivity index (χ0n) is 8.85. The molecule has 86 valence electrons. The van der Waals surface area contributed by atoms with Gasteiger partial charge in [0.25, 0.3) is 5.91 Å². The van der Waals surface area contributed by atoms with Crippen molar-refractivity contribution in [3.8, 4) is 0 Å². The number of pyridine rings is 1. The monoisotopic (exact) mass is 291 g/mol. The molecule has 0 atom stereocenters. The smallest absolute Gasteiger partial charge is 0.276 e. The van der Waals surface area contributed by atoms with Crippen LogP contribution in [0.3, 0.4) is 0 Å². The van der Waals surface area contributed by atoms with Gasteiger partial charge in [-0.25, -0.2) is 4.98 Å². The summed E-state index contributed by atoms with van der Waals surface area (Å²) in [6.07, 6.45) is 1.53. The summed E-state index contributed by atoms with van der Waals surface area (Å²) < 4.78 is 0.893. The molecule has 5 heteroatoms. The van der Waals surface area contributed by atoms with Crippen LogP contribution >= 0.6 is 15.9 Å². The number of rotatable bonds is 2. The van der Waals surface area contributed by atoms with Gasteiger partial charge in [0.1, 0.15) is 0 Å². The summed E-state index contributed by atoms with van der Waals surface area (Å²) in [7, 11) is 0. The van der Waals surface area contributed by atoms with Gasteiger partial charge >= 0.3 is 0 Å². The fourth-order valence-electron chi connectivity index (χ4n) is 1.36. The largest absolute Gasteiger partial charge is 0.397 e. The minimum Gasteiger partial charge on any atom is -0.397 e. The molecule has 1 heterocycles. The molecular weight excluding hydrogens is 282 g/mol. The van der Waals surface area contributed by atoms with Crippen molar-refractivity contribution in [1.29, 1.82) is 0 Å². The number of nitrogen functional groups attached to an aromatic ring is 1. The number of halogens is 1. The average molecular weight is 292 g/mol. The van der Waals surface area contributed by atoms with E-state index in [9.17, 15) is 4.79 Å². The van der Waals surface area contributed by atoms with E-state index < -0.39 is 0 Å². The van der Waals surface area contributed by atoms with E-state index in [1.54, 1.807) is 24.3 Å². The first-order chi connectivity index (χ1) is 8.16. The van der Waals surface area contributed by atoms with Crippen molar-refractivity contribution in [3.63, 3.8) is 0 Å². The van der Waals surface area contributed by atoms with Crippen LogP contribution in [0.15, 0.2) is 47.1 Å². The maximum atomic E-state index is 11.9. The molecule has 0 saturated carbocycles. The highest BCUT2D eigenvalue weighted by molar-refractivity contribution is 9.10. The van der Waals surface area contributed by atoms with E-state index in [-0.39, 0.29) is 11.6 Å². The second-order valence-electron chi connectivity index (χ2n) is 3.41. The molecule has 2 rings (SSSR count). The third-order valence-electron chi connectivity index (χ3n) is 2.14. The van der Waals surface area contributed by atoms with Crippen LogP contribution in [0.4, 0.5) is 11.4 Å². The first-order valence-electron chi connectivity index (χ1n) is 4.94. The molecule has 4 nitrogen and oxygen atoms in total. The Balaban J connectivity index is 2.20. The van der Waals surface area contributed by atoms with E-state index in [0.29, 0.717) is 11.4 Å². The highest BCUT2D eigenvalue weighted by Crippen LogP contribution is 2.17. The van der Waals surface area contributed by atoms with Gasteiger partial charge in [-0.1, -0.05) is 22.0 Å².